The number of carbonyl (C=O) groups is 1. The number of guanidine groups is 1. The minimum absolute atomic E-state index is 0.0251. The Morgan fingerprint density at radius 1 is 0.892 bits per heavy atom. The lowest BCUT2D eigenvalue weighted by molar-refractivity contribution is -0.184. The SMILES string of the molecule is O=C(NC(=NCC1CCC(F)CC1Cl)NC1CC(C2CCC(F)CC2)NN1)C1CCC(C(F)(F)F)CC1. The monoisotopic (exact) mass is 555 g/mol. The fourth-order valence-electron chi connectivity index (χ4n) is 6.20. The van der Waals surface area contributed by atoms with Gasteiger partial charge < -0.3 is 5.32 Å². The van der Waals surface area contributed by atoms with E-state index in [1.54, 1.807) is 0 Å². The van der Waals surface area contributed by atoms with Crippen LogP contribution in [0.5, 0.6) is 0 Å². The maximum atomic E-state index is 13.7. The highest BCUT2D eigenvalue weighted by Gasteiger charge is 2.42. The number of aliphatic imine (C=N–C) groups is 1. The van der Waals surface area contributed by atoms with Crippen LogP contribution in [0.2, 0.25) is 0 Å². The fourth-order valence-corrected chi connectivity index (χ4v) is 6.60. The van der Waals surface area contributed by atoms with Crippen LogP contribution in [0.3, 0.4) is 0 Å². The molecule has 212 valence electrons. The molecular formula is C25H39ClF5N5O. The van der Waals surface area contributed by atoms with E-state index in [1.807, 2.05) is 0 Å². The van der Waals surface area contributed by atoms with Crippen LogP contribution in [0, 0.1) is 23.7 Å². The minimum Gasteiger partial charge on any atom is -0.339 e. The van der Waals surface area contributed by atoms with Crippen LogP contribution >= 0.6 is 11.6 Å². The number of halogens is 6. The largest absolute Gasteiger partial charge is 0.391 e. The van der Waals surface area contributed by atoms with Gasteiger partial charge in [-0.15, -0.1) is 11.6 Å². The number of amides is 1. The molecule has 0 spiro atoms. The average molecular weight is 556 g/mol. The van der Waals surface area contributed by atoms with Crippen LogP contribution in [0.1, 0.15) is 77.0 Å². The summed E-state index contributed by atoms with van der Waals surface area (Å²) in [4.78, 5) is 17.6. The van der Waals surface area contributed by atoms with E-state index in [1.165, 1.54) is 0 Å². The summed E-state index contributed by atoms with van der Waals surface area (Å²) < 4.78 is 66.3. The average Bonchev–Trinajstić information content (AvgIpc) is 3.31. The second-order valence-corrected chi connectivity index (χ2v) is 11.9. The van der Waals surface area contributed by atoms with Crippen LogP contribution in [0.15, 0.2) is 4.99 Å². The highest BCUT2D eigenvalue weighted by atomic mass is 35.5. The van der Waals surface area contributed by atoms with Crippen molar-refractivity contribution in [3.05, 3.63) is 0 Å². The first-order valence-electron chi connectivity index (χ1n) is 13.7. The number of hydrogen-bond acceptors (Lipinski definition) is 4. The molecule has 0 aromatic rings. The van der Waals surface area contributed by atoms with Crippen molar-refractivity contribution >= 4 is 23.5 Å². The predicted octanol–water partition coefficient (Wildman–Crippen LogP) is 4.88. The van der Waals surface area contributed by atoms with Gasteiger partial charge in [-0.2, -0.15) is 13.2 Å². The zero-order valence-corrected chi connectivity index (χ0v) is 21.8. The van der Waals surface area contributed by atoms with Crippen molar-refractivity contribution in [1.29, 1.82) is 0 Å². The molecule has 37 heavy (non-hydrogen) atoms. The summed E-state index contributed by atoms with van der Waals surface area (Å²) in [6.07, 6.45) is -1.07. The summed E-state index contributed by atoms with van der Waals surface area (Å²) >= 11 is 6.37. The van der Waals surface area contributed by atoms with Crippen LogP contribution in [-0.4, -0.2) is 54.5 Å². The maximum Gasteiger partial charge on any atom is 0.391 e. The number of nitrogens with zero attached hydrogens (tertiary/aromatic N) is 1. The van der Waals surface area contributed by atoms with E-state index in [0.717, 1.165) is 12.8 Å². The van der Waals surface area contributed by atoms with Crippen LogP contribution in [0.4, 0.5) is 22.0 Å². The Labute approximate surface area is 220 Å². The Morgan fingerprint density at radius 3 is 2.22 bits per heavy atom. The molecule has 0 aromatic carbocycles. The molecule has 4 aliphatic rings. The van der Waals surface area contributed by atoms with E-state index in [2.05, 4.69) is 26.5 Å². The van der Waals surface area contributed by atoms with E-state index >= 15 is 0 Å². The first kappa shape index (κ1) is 28.8. The summed E-state index contributed by atoms with van der Waals surface area (Å²) in [6, 6.07) is 0.159. The van der Waals surface area contributed by atoms with Crippen molar-refractivity contribution in [2.45, 2.75) is 113 Å². The second-order valence-electron chi connectivity index (χ2n) is 11.3. The lowest BCUT2D eigenvalue weighted by Crippen LogP contribution is -2.52. The molecule has 3 aliphatic carbocycles. The van der Waals surface area contributed by atoms with E-state index < -0.39 is 30.4 Å². The molecule has 0 radical (unpaired) electrons. The quantitative estimate of drug-likeness (QED) is 0.169. The summed E-state index contributed by atoms with van der Waals surface area (Å²) in [7, 11) is 0. The van der Waals surface area contributed by atoms with Gasteiger partial charge >= 0.3 is 6.18 Å². The summed E-state index contributed by atoms with van der Waals surface area (Å²) in [5.41, 5.74) is 6.46. The first-order chi connectivity index (χ1) is 17.6. The Morgan fingerprint density at radius 2 is 1.57 bits per heavy atom. The molecule has 4 fully saturated rings. The van der Waals surface area contributed by atoms with E-state index in [4.69, 9.17) is 11.6 Å². The highest BCUT2D eigenvalue weighted by Crippen LogP contribution is 2.39. The summed E-state index contributed by atoms with van der Waals surface area (Å²) in [6.45, 7) is 0.314. The molecule has 5 atom stereocenters. The third-order valence-corrected chi connectivity index (χ3v) is 9.18. The van der Waals surface area contributed by atoms with Gasteiger partial charge in [0, 0.05) is 23.9 Å². The highest BCUT2D eigenvalue weighted by molar-refractivity contribution is 6.20. The zero-order valence-electron chi connectivity index (χ0n) is 21.0. The molecule has 0 bridgehead atoms. The van der Waals surface area contributed by atoms with Gasteiger partial charge in [0.2, 0.25) is 5.91 Å². The lowest BCUT2D eigenvalue weighted by atomic mass is 9.81. The van der Waals surface area contributed by atoms with Crippen LogP contribution in [-0.2, 0) is 4.79 Å². The molecule has 4 N–H and O–H groups in total. The number of alkyl halides is 6. The standard InChI is InChI=1S/C25H39ClF5N5O/c26-20-11-19(28)10-5-16(20)13-32-24(34-23(37)15-1-6-17(7-2-15)25(29,30)31)33-22-12-21(35-36-22)14-3-8-18(27)9-4-14/h14-22,35-36H,1-13H2,(H2,32,33,34,37). The smallest absolute Gasteiger partial charge is 0.339 e. The first-order valence-corrected chi connectivity index (χ1v) is 14.1. The molecule has 1 aliphatic heterocycles. The lowest BCUT2D eigenvalue weighted by Gasteiger charge is -2.30. The topological polar surface area (TPSA) is 77.5 Å². The van der Waals surface area contributed by atoms with Gasteiger partial charge in [0.25, 0.3) is 0 Å². The van der Waals surface area contributed by atoms with Crippen molar-refractivity contribution < 1.29 is 26.7 Å². The number of hydrogen-bond donors (Lipinski definition) is 4. The van der Waals surface area contributed by atoms with Crippen molar-refractivity contribution in [3.8, 4) is 0 Å². The van der Waals surface area contributed by atoms with Crippen molar-refractivity contribution in [2.75, 3.05) is 6.54 Å². The van der Waals surface area contributed by atoms with E-state index in [0.29, 0.717) is 44.6 Å². The fraction of sp³-hybridized carbons (Fsp3) is 0.920. The molecule has 4 rings (SSSR count). The van der Waals surface area contributed by atoms with E-state index in [9.17, 15) is 26.7 Å². The Kier molecular flexibility index (Phi) is 9.94. The molecule has 3 saturated carbocycles. The van der Waals surface area contributed by atoms with Crippen LogP contribution < -0.4 is 21.5 Å². The number of carbonyl (C=O) groups excluding carboxylic acids is 1. The normalized spacial score (nSPS) is 39.8. The molecule has 6 nitrogen and oxygen atoms in total. The van der Waals surface area contributed by atoms with Gasteiger partial charge in [-0.3, -0.25) is 20.5 Å². The van der Waals surface area contributed by atoms with Gasteiger partial charge in [-0.05, 0) is 88.9 Å². The molecule has 12 heteroatoms. The Hall–Kier alpha value is -1.20. The van der Waals surface area contributed by atoms with Gasteiger partial charge in [0.05, 0.1) is 12.1 Å². The molecule has 1 amide bonds. The van der Waals surface area contributed by atoms with E-state index in [-0.39, 0.29) is 67.5 Å². The number of rotatable bonds is 5. The predicted molar refractivity (Wildman–Crippen MR) is 132 cm³/mol. The molecule has 1 heterocycles. The van der Waals surface area contributed by atoms with Crippen molar-refractivity contribution in [1.82, 2.24) is 21.5 Å². The maximum absolute atomic E-state index is 13.7. The van der Waals surface area contributed by atoms with Crippen molar-refractivity contribution in [2.24, 2.45) is 28.7 Å². The summed E-state index contributed by atoms with van der Waals surface area (Å²) in [5, 5.41) is 5.70. The number of nitrogens with one attached hydrogen (secondary N) is 4. The molecule has 5 unspecified atom stereocenters. The van der Waals surface area contributed by atoms with Crippen molar-refractivity contribution in [3.63, 3.8) is 0 Å². The number of hydrazine groups is 1. The molecule has 1 saturated heterocycles. The van der Waals surface area contributed by atoms with Gasteiger partial charge in [0.15, 0.2) is 5.96 Å². The van der Waals surface area contributed by atoms with Gasteiger partial charge in [-0.25, -0.2) is 14.2 Å². The second kappa shape index (κ2) is 12.8. The molecular weight excluding hydrogens is 517 g/mol. The van der Waals surface area contributed by atoms with Crippen LogP contribution in [0.25, 0.3) is 0 Å². The Balaban J connectivity index is 1.35. The summed E-state index contributed by atoms with van der Waals surface area (Å²) in [5.74, 6) is -1.62. The zero-order chi connectivity index (χ0) is 26.6. The molecule has 0 aromatic heterocycles. The Bertz CT molecular complexity index is 786. The van der Waals surface area contributed by atoms with Gasteiger partial charge in [-0.1, -0.05) is 0 Å². The van der Waals surface area contributed by atoms with Gasteiger partial charge in [0.1, 0.15) is 12.3 Å². The third kappa shape index (κ3) is 8.14. The minimum atomic E-state index is -4.23. The third-order valence-electron chi connectivity index (χ3n) is 8.64.